The number of nitrogens with zero attached hydrogens (tertiary/aromatic N) is 2. The van der Waals surface area contributed by atoms with Gasteiger partial charge in [0.05, 0.1) is 17.0 Å². The minimum atomic E-state index is -0.418. The van der Waals surface area contributed by atoms with Crippen LogP contribution >= 0.6 is 0 Å². The molecule has 0 radical (unpaired) electrons. The van der Waals surface area contributed by atoms with Crippen LogP contribution in [-0.4, -0.2) is 24.0 Å². The van der Waals surface area contributed by atoms with Crippen molar-refractivity contribution in [3.63, 3.8) is 0 Å². The lowest BCUT2D eigenvalue weighted by molar-refractivity contribution is -0.110. The SMILES string of the molecule is CN(C(=O)NCc1ccncc1)c1ccc(N/C(=C2\C(=O)Nc3cc(F)ccc32)c2ccccc2)cc1. The van der Waals surface area contributed by atoms with Crippen molar-refractivity contribution >= 4 is 40.3 Å². The Morgan fingerprint density at radius 2 is 1.70 bits per heavy atom. The summed E-state index contributed by atoms with van der Waals surface area (Å²) in [6, 6.07) is 24.5. The van der Waals surface area contributed by atoms with E-state index in [1.54, 1.807) is 25.5 Å². The summed E-state index contributed by atoms with van der Waals surface area (Å²) in [5.41, 5.74) is 5.28. The van der Waals surface area contributed by atoms with E-state index >= 15 is 0 Å². The summed E-state index contributed by atoms with van der Waals surface area (Å²) >= 11 is 0. The number of nitrogens with one attached hydrogen (secondary N) is 3. The van der Waals surface area contributed by atoms with E-state index in [0.29, 0.717) is 34.8 Å². The molecule has 7 nitrogen and oxygen atoms in total. The lowest BCUT2D eigenvalue weighted by Gasteiger charge is -2.19. The lowest BCUT2D eigenvalue weighted by Crippen LogP contribution is -2.36. The Kier molecular flexibility index (Phi) is 6.63. The average molecular weight is 494 g/mol. The molecule has 0 saturated carbocycles. The number of carbonyl (C=O) groups excluding carboxylic acids is 2. The van der Waals surface area contributed by atoms with Gasteiger partial charge in [-0.25, -0.2) is 9.18 Å². The highest BCUT2D eigenvalue weighted by Gasteiger charge is 2.28. The maximum absolute atomic E-state index is 13.8. The van der Waals surface area contributed by atoms with Gasteiger partial charge in [-0.2, -0.15) is 0 Å². The van der Waals surface area contributed by atoms with Gasteiger partial charge in [-0.05, 0) is 65.7 Å². The summed E-state index contributed by atoms with van der Waals surface area (Å²) in [5, 5.41) is 9.00. The van der Waals surface area contributed by atoms with Crippen LogP contribution in [0.4, 0.5) is 26.2 Å². The van der Waals surface area contributed by atoms with E-state index < -0.39 is 5.82 Å². The highest BCUT2D eigenvalue weighted by atomic mass is 19.1. The monoisotopic (exact) mass is 493 g/mol. The van der Waals surface area contributed by atoms with Crippen molar-refractivity contribution in [1.82, 2.24) is 10.3 Å². The Morgan fingerprint density at radius 3 is 2.43 bits per heavy atom. The molecular weight excluding hydrogens is 469 g/mol. The summed E-state index contributed by atoms with van der Waals surface area (Å²) < 4.78 is 13.8. The normalized spacial score (nSPS) is 13.4. The largest absolute Gasteiger partial charge is 0.354 e. The fourth-order valence-electron chi connectivity index (χ4n) is 4.10. The molecule has 5 rings (SSSR count). The molecule has 0 aliphatic carbocycles. The van der Waals surface area contributed by atoms with Crippen LogP contribution in [0, 0.1) is 5.82 Å². The van der Waals surface area contributed by atoms with Crippen molar-refractivity contribution in [2.24, 2.45) is 0 Å². The van der Waals surface area contributed by atoms with E-state index in [1.807, 2.05) is 66.7 Å². The molecule has 0 fully saturated rings. The van der Waals surface area contributed by atoms with Gasteiger partial charge >= 0.3 is 6.03 Å². The average Bonchev–Trinajstić information content (AvgIpc) is 3.25. The van der Waals surface area contributed by atoms with Gasteiger partial charge in [-0.3, -0.25) is 14.7 Å². The Balaban J connectivity index is 1.39. The topological polar surface area (TPSA) is 86.4 Å². The molecule has 184 valence electrons. The maximum atomic E-state index is 13.8. The van der Waals surface area contributed by atoms with Gasteiger partial charge < -0.3 is 16.0 Å². The van der Waals surface area contributed by atoms with E-state index in [4.69, 9.17) is 0 Å². The van der Waals surface area contributed by atoms with Crippen LogP contribution in [0.25, 0.3) is 11.3 Å². The van der Waals surface area contributed by atoms with Gasteiger partial charge in [-0.1, -0.05) is 30.3 Å². The highest BCUT2D eigenvalue weighted by molar-refractivity contribution is 6.37. The van der Waals surface area contributed by atoms with E-state index in [0.717, 1.165) is 16.8 Å². The molecule has 8 heteroatoms. The maximum Gasteiger partial charge on any atom is 0.321 e. The Bertz CT molecular complexity index is 1470. The Hall–Kier alpha value is -4.98. The molecular formula is C29H24FN5O2. The summed E-state index contributed by atoms with van der Waals surface area (Å²) in [6.45, 7) is 0.396. The van der Waals surface area contributed by atoms with Crippen LogP contribution in [0.5, 0.6) is 0 Å². The molecule has 37 heavy (non-hydrogen) atoms. The third-order valence-corrected chi connectivity index (χ3v) is 6.06. The lowest BCUT2D eigenvalue weighted by atomic mass is 10.00. The van der Waals surface area contributed by atoms with Gasteiger partial charge in [0.1, 0.15) is 5.82 Å². The third-order valence-electron chi connectivity index (χ3n) is 6.06. The number of halogens is 1. The van der Waals surface area contributed by atoms with Crippen LogP contribution in [0.3, 0.4) is 0 Å². The van der Waals surface area contributed by atoms with Crippen molar-refractivity contribution in [2.45, 2.75) is 6.54 Å². The predicted molar refractivity (Wildman–Crippen MR) is 143 cm³/mol. The number of urea groups is 1. The summed E-state index contributed by atoms with van der Waals surface area (Å²) in [4.78, 5) is 31.1. The highest BCUT2D eigenvalue weighted by Crippen LogP contribution is 2.38. The van der Waals surface area contributed by atoms with Crippen molar-refractivity contribution in [3.05, 3.63) is 120 Å². The van der Waals surface area contributed by atoms with Crippen LogP contribution in [0.15, 0.2) is 97.3 Å². The number of benzene rings is 3. The zero-order chi connectivity index (χ0) is 25.8. The molecule has 1 aromatic heterocycles. The van der Waals surface area contributed by atoms with E-state index in [-0.39, 0.29) is 11.9 Å². The molecule has 0 saturated heterocycles. The second-order valence-electron chi connectivity index (χ2n) is 8.51. The molecule has 0 atom stereocenters. The second-order valence-corrected chi connectivity index (χ2v) is 8.51. The predicted octanol–water partition coefficient (Wildman–Crippen LogP) is 5.50. The van der Waals surface area contributed by atoms with E-state index in [1.165, 1.54) is 17.0 Å². The second kappa shape index (κ2) is 10.3. The number of aromatic nitrogens is 1. The molecule has 3 aromatic carbocycles. The molecule has 0 unspecified atom stereocenters. The molecule has 0 bridgehead atoms. The number of hydrogen-bond donors (Lipinski definition) is 3. The zero-order valence-corrected chi connectivity index (χ0v) is 20.0. The number of amides is 3. The van der Waals surface area contributed by atoms with Crippen molar-refractivity contribution in [2.75, 3.05) is 22.6 Å². The fourth-order valence-corrected chi connectivity index (χ4v) is 4.10. The van der Waals surface area contributed by atoms with Gasteiger partial charge in [-0.15, -0.1) is 0 Å². The molecule has 1 aliphatic rings. The molecule has 3 N–H and O–H groups in total. The molecule has 3 amide bonds. The number of carbonyl (C=O) groups is 2. The first-order chi connectivity index (χ1) is 18.0. The minimum absolute atomic E-state index is 0.240. The first kappa shape index (κ1) is 23.7. The molecule has 4 aromatic rings. The quantitative estimate of drug-likeness (QED) is 0.310. The fraction of sp³-hybridized carbons (Fsp3) is 0.0690. The smallest absolute Gasteiger partial charge is 0.321 e. The van der Waals surface area contributed by atoms with Crippen molar-refractivity contribution in [1.29, 1.82) is 0 Å². The Labute approximate surface area is 213 Å². The van der Waals surface area contributed by atoms with Gasteiger partial charge in [0, 0.05) is 42.9 Å². The first-order valence-corrected chi connectivity index (χ1v) is 11.7. The minimum Gasteiger partial charge on any atom is -0.354 e. The standard InChI is InChI=1S/C29H24FN5O2/c1-35(29(37)32-18-19-13-15-31-16-14-19)23-10-8-22(9-11-23)33-27(20-5-3-2-4-6-20)26-24-12-7-21(30)17-25(24)34-28(26)36/h2-17,33H,18H2,1H3,(H,32,37)(H,34,36)/b27-26-. The van der Waals surface area contributed by atoms with Crippen LogP contribution in [0.1, 0.15) is 16.7 Å². The van der Waals surface area contributed by atoms with Gasteiger partial charge in [0.25, 0.3) is 5.91 Å². The summed E-state index contributed by atoms with van der Waals surface area (Å²) in [5.74, 6) is -0.729. The number of hydrogen-bond acceptors (Lipinski definition) is 4. The van der Waals surface area contributed by atoms with Crippen molar-refractivity contribution in [3.8, 4) is 0 Å². The summed E-state index contributed by atoms with van der Waals surface area (Å²) in [6.07, 6.45) is 3.37. The van der Waals surface area contributed by atoms with Gasteiger partial charge in [0.2, 0.25) is 0 Å². The number of pyridine rings is 1. The molecule has 0 spiro atoms. The van der Waals surface area contributed by atoms with Gasteiger partial charge in [0.15, 0.2) is 0 Å². The number of anilines is 3. The number of fused-ring (bicyclic) bond motifs is 1. The zero-order valence-electron chi connectivity index (χ0n) is 20.0. The molecule has 1 aliphatic heterocycles. The Morgan fingerprint density at radius 1 is 0.973 bits per heavy atom. The van der Waals surface area contributed by atoms with Crippen LogP contribution in [0.2, 0.25) is 0 Å². The van der Waals surface area contributed by atoms with E-state index in [9.17, 15) is 14.0 Å². The summed E-state index contributed by atoms with van der Waals surface area (Å²) in [7, 11) is 1.70. The first-order valence-electron chi connectivity index (χ1n) is 11.7. The van der Waals surface area contributed by atoms with Crippen LogP contribution in [-0.2, 0) is 11.3 Å². The van der Waals surface area contributed by atoms with E-state index in [2.05, 4.69) is 20.9 Å². The third kappa shape index (κ3) is 5.18. The van der Waals surface area contributed by atoms with Crippen LogP contribution < -0.4 is 20.9 Å². The van der Waals surface area contributed by atoms with Crippen molar-refractivity contribution < 1.29 is 14.0 Å². The number of rotatable bonds is 6. The molecule has 2 heterocycles.